The third kappa shape index (κ3) is 2.00. The molecule has 1 unspecified atom stereocenters. The lowest BCUT2D eigenvalue weighted by Crippen LogP contribution is -2.47. The molecule has 4 nitrogen and oxygen atoms in total. The highest BCUT2D eigenvalue weighted by atomic mass is 16.3. The minimum Gasteiger partial charge on any atom is -0.365 e. The number of benzene rings is 2. The van der Waals surface area contributed by atoms with Crippen LogP contribution in [0.25, 0.3) is 0 Å². The van der Waals surface area contributed by atoms with Crippen LogP contribution in [0, 0.1) is 0 Å². The Kier molecular flexibility index (Phi) is 3.08. The van der Waals surface area contributed by atoms with Crippen LogP contribution in [-0.4, -0.2) is 28.8 Å². The predicted molar refractivity (Wildman–Crippen MR) is 76.3 cm³/mol. The van der Waals surface area contributed by atoms with Crippen molar-refractivity contribution in [2.24, 2.45) is 4.99 Å². The molecule has 1 heterocycles. The van der Waals surface area contributed by atoms with E-state index in [1.54, 1.807) is 36.4 Å². The van der Waals surface area contributed by atoms with Crippen molar-refractivity contribution in [2.45, 2.75) is 5.72 Å². The number of aliphatic imine (C=N–C) groups is 1. The van der Waals surface area contributed by atoms with Gasteiger partial charge in [0.2, 0.25) is 0 Å². The molecule has 0 radical (unpaired) electrons. The maximum atomic E-state index is 12.5. The van der Waals surface area contributed by atoms with Crippen LogP contribution in [0.4, 0.5) is 0 Å². The first-order chi connectivity index (χ1) is 9.72. The van der Waals surface area contributed by atoms with Gasteiger partial charge in [0.1, 0.15) is 0 Å². The van der Waals surface area contributed by atoms with Gasteiger partial charge in [-0.25, -0.2) is 0 Å². The number of nitrogens with zero attached hydrogens (tertiary/aromatic N) is 2. The summed E-state index contributed by atoms with van der Waals surface area (Å²) < 4.78 is 0. The van der Waals surface area contributed by atoms with Crippen LogP contribution in [0.1, 0.15) is 15.9 Å². The van der Waals surface area contributed by atoms with E-state index in [4.69, 9.17) is 0 Å². The van der Waals surface area contributed by atoms with Gasteiger partial charge in [-0.05, 0) is 12.1 Å². The zero-order valence-corrected chi connectivity index (χ0v) is 10.8. The molecule has 0 aliphatic carbocycles. The molecule has 0 bridgehead atoms. The van der Waals surface area contributed by atoms with Crippen molar-refractivity contribution in [1.29, 1.82) is 0 Å². The summed E-state index contributed by atoms with van der Waals surface area (Å²) in [6, 6.07) is 18.0. The van der Waals surface area contributed by atoms with Crippen LogP contribution in [0.15, 0.2) is 65.7 Å². The smallest absolute Gasteiger partial charge is 0.261 e. The Morgan fingerprint density at radius 2 is 1.65 bits per heavy atom. The van der Waals surface area contributed by atoms with Gasteiger partial charge < -0.3 is 5.11 Å². The lowest BCUT2D eigenvalue weighted by Gasteiger charge is -2.32. The SMILES string of the molecule is O=C(c1ccccc1)N1C=NCC1(O)c1ccccc1. The molecule has 0 spiro atoms. The van der Waals surface area contributed by atoms with E-state index in [2.05, 4.69) is 4.99 Å². The number of hydrogen-bond acceptors (Lipinski definition) is 3. The van der Waals surface area contributed by atoms with Crippen molar-refractivity contribution in [3.05, 3.63) is 71.8 Å². The fraction of sp³-hybridized carbons (Fsp3) is 0.125. The van der Waals surface area contributed by atoms with Crippen LogP contribution < -0.4 is 0 Å². The maximum absolute atomic E-state index is 12.5. The Morgan fingerprint density at radius 1 is 1.05 bits per heavy atom. The van der Waals surface area contributed by atoms with Crippen molar-refractivity contribution in [3.8, 4) is 0 Å². The molecule has 1 aliphatic rings. The molecule has 0 saturated heterocycles. The topological polar surface area (TPSA) is 52.9 Å². The Morgan fingerprint density at radius 3 is 2.30 bits per heavy atom. The van der Waals surface area contributed by atoms with Gasteiger partial charge in [0, 0.05) is 11.1 Å². The Hall–Kier alpha value is -2.46. The van der Waals surface area contributed by atoms with Crippen molar-refractivity contribution in [3.63, 3.8) is 0 Å². The van der Waals surface area contributed by atoms with Crippen molar-refractivity contribution < 1.29 is 9.90 Å². The molecule has 0 fully saturated rings. The van der Waals surface area contributed by atoms with E-state index < -0.39 is 5.72 Å². The van der Waals surface area contributed by atoms with E-state index in [1.165, 1.54) is 11.2 Å². The number of carbonyl (C=O) groups is 1. The van der Waals surface area contributed by atoms with E-state index in [1.807, 2.05) is 24.3 Å². The molecule has 1 amide bonds. The summed E-state index contributed by atoms with van der Waals surface area (Å²) in [5.74, 6) is -0.266. The Labute approximate surface area is 117 Å². The first-order valence-corrected chi connectivity index (χ1v) is 6.38. The number of amides is 1. The zero-order chi connectivity index (χ0) is 14.0. The number of aliphatic hydroxyl groups is 1. The first kappa shape index (κ1) is 12.6. The van der Waals surface area contributed by atoms with Crippen LogP contribution >= 0.6 is 0 Å². The van der Waals surface area contributed by atoms with E-state index in [0.29, 0.717) is 11.1 Å². The second-order valence-electron chi connectivity index (χ2n) is 4.68. The van der Waals surface area contributed by atoms with Crippen LogP contribution in [0.2, 0.25) is 0 Å². The number of hydrogen-bond donors (Lipinski definition) is 1. The third-order valence-electron chi connectivity index (χ3n) is 3.38. The van der Waals surface area contributed by atoms with Gasteiger partial charge in [0.15, 0.2) is 5.72 Å². The van der Waals surface area contributed by atoms with Crippen molar-refractivity contribution in [2.75, 3.05) is 6.54 Å². The van der Waals surface area contributed by atoms with Crippen LogP contribution in [0.3, 0.4) is 0 Å². The standard InChI is InChI=1S/C16H14N2O2/c19-15(13-7-3-1-4-8-13)18-12-17-11-16(18,20)14-9-5-2-6-10-14/h1-10,12,20H,11H2. The summed E-state index contributed by atoms with van der Waals surface area (Å²) in [6.07, 6.45) is 1.41. The van der Waals surface area contributed by atoms with Gasteiger partial charge in [-0.3, -0.25) is 14.7 Å². The second-order valence-corrected chi connectivity index (χ2v) is 4.68. The minimum absolute atomic E-state index is 0.148. The molecule has 100 valence electrons. The largest absolute Gasteiger partial charge is 0.365 e. The van der Waals surface area contributed by atoms with Crippen molar-refractivity contribution in [1.82, 2.24) is 4.90 Å². The molecule has 20 heavy (non-hydrogen) atoms. The van der Waals surface area contributed by atoms with Crippen LogP contribution in [-0.2, 0) is 5.72 Å². The fourth-order valence-electron chi connectivity index (χ4n) is 2.30. The van der Waals surface area contributed by atoms with Gasteiger partial charge in [-0.15, -0.1) is 0 Å². The molecule has 0 saturated carbocycles. The normalized spacial score (nSPS) is 21.1. The predicted octanol–water partition coefficient (Wildman–Crippen LogP) is 2.02. The highest BCUT2D eigenvalue weighted by Crippen LogP contribution is 2.30. The lowest BCUT2D eigenvalue weighted by atomic mass is 10.0. The average molecular weight is 266 g/mol. The molecule has 4 heteroatoms. The van der Waals surface area contributed by atoms with E-state index in [9.17, 15) is 9.90 Å². The van der Waals surface area contributed by atoms with Gasteiger partial charge in [0.05, 0.1) is 12.9 Å². The number of rotatable bonds is 2. The highest BCUT2D eigenvalue weighted by molar-refractivity contribution is 6.01. The van der Waals surface area contributed by atoms with Crippen LogP contribution in [0.5, 0.6) is 0 Å². The summed E-state index contributed by atoms with van der Waals surface area (Å²) in [5.41, 5.74) is -0.231. The third-order valence-corrected chi connectivity index (χ3v) is 3.38. The number of carbonyl (C=O) groups excluding carboxylic acids is 1. The monoisotopic (exact) mass is 266 g/mol. The quantitative estimate of drug-likeness (QED) is 0.904. The minimum atomic E-state index is -1.41. The van der Waals surface area contributed by atoms with Crippen molar-refractivity contribution >= 4 is 12.2 Å². The zero-order valence-electron chi connectivity index (χ0n) is 10.8. The van der Waals surface area contributed by atoms with Gasteiger partial charge in [-0.1, -0.05) is 48.5 Å². The van der Waals surface area contributed by atoms with Gasteiger partial charge in [-0.2, -0.15) is 0 Å². The molecule has 1 N–H and O–H groups in total. The Balaban J connectivity index is 1.97. The molecular weight excluding hydrogens is 252 g/mol. The summed E-state index contributed by atoms with van der Waals surface area (Å²) >= 11 is 0. The molecular formula is C16H14N2O2. The summed E-state index contributed by atoms with van der Waals surface area (Å²) in [6.45, 7) is 0.148. The average Bonchev–Trinajstić information content (AvgIpc) is 2.91. The highest BCUT2D eigenvalue weighted by Gasteiger charge is 2.42. The maximum Gasteiger partial charge on any atom is 0.261 e. The molecule has 1 atom stereocenters. The molecule has 2 aromatic rings. The van der Waals surface area contributed by atoms with E-state index in [-0.39, 0.29) is 12.5 Å². The molecule has 3 rings (SSSR count). The van der Waals surface area contributed by atoms with Gasteiger partial charge in [0.25, 0.3) is 5.91 Å². The lowest BCUT2D eigenvalue weighted by molar-refractivity contribution is -0.0400. The second kappa shape index (κ2) is 4.90. The molecule has 0 aromatic heterocycles. The van der Waals surface area contributed by atoms with Gasteiger partial charge >= 0.3 is 0 Å². The Bertz CT molecular complexity index is 640. The van der Waals surface area contributed by atoms with E-state index in [0.717, 1.165) is 0 Å². The summed E-state index contributed by atoms with van der Waals surface area (Å²) in [7, 11) is 0. The summed E-state index contributed by atoms with van der Waals surface area (Å²) in [5, 5.41) is 10.8. The molecule has 2 aromatic carbocycles. The summed E-state index contributed by atoms with van der Waals surface area (Å²) in [4.78, 5) is 17.9. The van der Waals surface area contributed by atoms with E-state index >= 15 is 0 Å². The fourth-order valence-corrected chi connectivity index (χ4v) is 2.30. The molecule has 1 aliphatic heterocycles. The first-order valence-electron chi connectivity index (χ1n) is 6.38.